The summed E-state index contributed by atoms with van der Waals surface area (Å²) in [6, 6.07) is 23.1. The highest BCUT2D eigenvalue weighted by atomic mass is 32.1. The van der Waals surface area contributed by atoms with Crippen molar-refractivity contribution in [3.8, 4) is 17.0 Å². The van der Waals surface area contributed by atoms with Crippen molar-refractivity contribution in [2.75, 3.05) is 11.9 Å². The Morgan fingerprint density at radius 2 is 1.67 bits per heavy atom. The van der Waals surface area contributed by atoms with Gasteiger partial charge in [-0.25, -0.2) is 14.8 Å². The molecule has 5 aromatic rings. The zero-order valence-corrected chi connectivity index (χ0v) is 27.7. The largest absolute Gasteiger partial charge is 0.489 e. The summed E-state index contributed by atoms with van der Waals surface area (Å²) in [4.78, 5) is 34.7. The molecule has 0 bridgehead atoms. The van der Waals surface area contributed by atoms with E-state index in [4.69, 9.17) is 25.7 Å². The first-order valence-electron chi connectivity index (χ1n) is 16.0. The molecule has 1 aliphatic rings. The van der Waals surface area contributed by atoms with Crippen LogP contribution in [0.25, 0.3) is 11.3 Å². The van der Waals surface area contributed by atoms with Gasteiger partial charge in [-0.15, -0.1) is 11.3 Å². The molecule has 5 N–H and O–H groups in total. The van der Waals surface area contributed by atoms with Crippen LogP contribution in [0, 0.1) is 0 Å². The number of ether oxygens (including phenoxy) is 1. The van der Waals surface area contributed by atoms with Gasteiger partial charge >= 0.3 is 11.9 Å². The Bertz CT molecular complexity index is 1730. The molecular formula is C37H41N5O5S. The number of carboxylic acids is 2. The van der Waals surface area contributed by atoms with E-state index in [1.54, 1.807) is 29.7 Å². The molecule has 0 amide bonds. The van der Waals surface area contributed by atoms with Crippen LogP contribution >= 0.6 is 11.3 Å². The summed E-state index contributed by atoms with van der Waals surface area (Å²) < 4.78 is 6.04. The Balaban J connectivity index is 0.000000349. The number of benzene rings is 3. The van der Waals surface area contributed by atoms with Crippen molar-refractivity contribution in [1.82, 2.24) is 15.0 Å². The molecule has 6 rings (SSSR count). The summed E-state index contributed by atoms with van der Waals surface area (Å²) >= 11 is 1.59. The number of aromatic amines is 1. The van der Waals surface area contributed by atoms with Crippen molar-refractivity contribution in [3.05, 3.63) is 119 Å². The van der Waals surface area contributed by atoms with Gasteiger partial charge in [0.1, 0.15) is 18.4 Å². The third kappa shape index (κ3) is 9.76. The van der Waals surface area contributed by atoms with Crippen molar-refractivity contribution in [2.24, 2.45) is 5.73 Å². The number of aliphatic carboxylic acids is 1. The minimum Gasteiger partial charge on any atom is -0.489 e. The van der Waals surface area contributed by atoms with Gasteiger partial charge in [0.2, 0.25) is 0 Å². The van der Waals surface area contributed by atoms with Crippen LogP contribution in [-0.2, 0) is 24.4 Å². The average molecular weight is 668 g/mol. The van der Waals surface area contributed by atoms with E-state index in [1.807, 2.05) is 43.4 Å². The van der Waals surface area contributed by atoms with Gasteiger partial charge < -0.3 is 30.6 Å². The van der Waals surface area contributed by atoms with Crippen molar-refractivity contribution in [2.45, 2.75) is 63.6 Å². The zero-order chi connectivity index (χ0) is 33.9. The Hall–Kier alpha value is -5.00. The van der Waals surface area contributed by atoms with Gasteiger partial charge in [0, 0.05) is 37.2 Å². The summed E-state index contributed by atoms with van der Waals surface area (Å²) in [5, 5.41) is 20.5. The van der Waals surface area contributed by atoms with Crippen molar-refractivity contribution < 1.29 is 24.5 Å². The van der Waals surface area contributed by atoms with Crippen molar-refractivity contribution in [1.29, 1.82) is 0 Å². The quantitative estimate of drug-likeness (QED) is 0.109. The molecule has 10 nitrogen and oxygen atoms in total. The first kappa shape index (κ1) is 34.3. The van der Waals surface area contributed by atoms with Gasteiger partial charge in [-0.2, -0.15) is 0 Å². The van der Waals surface area contributed by atoms with Crippen LogP contribution in [0.3, 0.4) is 0 Å². The predicted octanol–water partition coefficient (Wildman–Crippen LogP) is 7.14. The molecule has 0 spiro atoms. The monoisotopic (exact) mass is 667 g/mol. The molecule has 0 saturated heterocycles. The number of nitrogens with two attached hydrogens (primary N) is 1. The molecule has 1 aliphatic carbocycles. The van der Waals surface area contributed by atoms with E-state index < -0.39 is 18.0 Å². The SMILES string of the molecule is CN(Cc1ccc(C(=O)O)cc1)c1nc(-c2ccc(OCc3ccc(C4CCCCC4)cc3)cc2)cs1.NC(Cc1c[nH]cn1)C(=O)O. The second-order valence-corrected chi connectivity index (χ2v) is 12.8. The molecule has 0 radical (unpaired) electrons. The maximum Gasteiger partial charge on any atom is 0.335 e. The topological polar surface area (TPSA) is 155 Å². The van der Waals surface area contributed by atoms with Crippen LogP contribution in [-0.4, -0.2) is 50.2 Å². The molecule has 1 unspecified atom stereocenters. The molecule has 2 aromatic heterocycles. The molecule has 3 aromatic carbocycles. The van der Waals surface area contributed by atoms with Crippen LogP contribution in [0.2, 0.25) is 0 Å². The normalized spacial score (nSPS) is 13.6. The summed E-state index contributed by atoms with van der Waals surface area (Å²) in [6.07, 6.45) is 10.1. The Morgan fingerprint density at radius 1 is 0.979 bits per heavy atom. The molecule has 1 atom stereocenters. The second kappa shape index (κ2) is 16.7. The number of thiazole rings is 1. The number of rotatable bonds is 12. The Morgan fingerprint density at radius 3 is 2.29 bits per heavy atom. The maximum absolute atomic E-state index is 11.1. The molecule has 1 saturated carbocycles. The lowest BCUT2D eigenvalue weighted by Gasteiger charge is -2.22. The lowest BCUT2D eigenvalue weighted by atomic mass is 9.84. The predicted molar refractivity (Wildman–Crippen MR) is 188 cm³/mol. The van der Waals surface area contributed by atoms with E-state index in [9.17, 15) is 9.59 Å². The standard InChI is InChI=1S/C31H32N2O3S.C6H9N3O2/c1-33(19-22-7-13-27(14-8-22)30(34)35)31-32-29(21-37-31)26-15-17-28(18-16-26)36-20-23-9-11-25(12-10-23)24-5-3-2-4-6-24;7-5(6(10)11)1-4-2-8-3-9-4/h7-18,21,24H,2-6,19-20H2,1H3,(H,34,35);2-3,5H,1,7H2,(H,8,9)(H,10,11). The highest BCUT2D eigenvalue weighted by Crippen LogP contribution is 2.33. The number of hydrogen-bond donors (Lipinski definition) is 4. The van der Waals surface area contributed by atoms with Crippen LogP contribution in [0.15, 0.2) is 90.7 Å². The summed E-state index contributed by atoms with van der Waals surface area (Å²) in [6.45, 7) is 1.21. The number of carbonyl (C=O) groups is 2. The molecular weight excluding hydrogens is 627 g/mol. The van der Waals surface area contributed by atoms with E-state index in [1.165, 1.54) is 49.6 Å². The highest BCUT2D eigenvalue weighted by molar-refractivity contribution is 7.14. The van der Waals surface area contributed by atoms with Crippen LogP contribution < -0.4 is 15.4 Å². The van der Waals surface area contributed by atoms with Gasteiger partial charge in [0.25, 0.3) is 0 Å². The summed E-state index contributed by atoms with van der Waals surface area (Å²) in [5.74, 6) is -0.345. The van der Waals surface area contributed by atoms with Gasteiger partial charge in [-0.3, -0.25) is 4.79 Å². The molecule has 250 valence electrons. The van der Waals surface area contributed by atoms with Gasteiger partial charge in [0.05, 0.1) is 23.3 Å². The van der Waals surface area contributed by atoms with Crippen LogP contribution in [0.5, 0.6) is 5.75 Å². The van der Waals surface area contributed by atoms with Crippen molar-refractivity contribution in [3.63, 3.8) is 0 Å². The lowest BCUT2D eigenvalue weighted by molar-refractivity contribution is -0.138. The molecule has 48 heavy (non-hydrogen) atoms. The lowest BCUT2D eigenvalue weighted by Crippen LogP contribution is -2.32. The average Bonchev–Trinajstić information content (AvgIpc) is 3.82. The number of anilines is 1. The molecule has 1 fully saturated rings. The minimum atomic E-state index is -1.01. The number of carboxylic acid groups (broad SMARTS) is 2. The number of nitrogens with one attached hydrogen (secondary N) is 1. The van der Waals surface area contributed by atoms with E-state index in [-0.39, 0.29) is 6.42 Å². The van der Waals surface area contributed by atoms with Crippen molar-refractivity contribution >= 4 is 28.4 Å². The third-order valence-electron chi connectivity index (χ3n) is 8.35. The minimum absolute atomic E-state index is 0.263. The maximum atomic E-state index is 11.1. The van der Waals surface area contributed by atoms with Crippen LogP contribution in [0.1, 0.15) is 70.8 Å². The summed E-state index contributed by atoms with van der Waals surface area (Å²) in [7, 11) is 1.99. The van der Waals surface area contributed by atoms with E-state index >= 15 is 0 Å². The Labute approximate surface area is 284 Å². The zero-order valence-electron chi connectivity index (χ0n) is 26.9. The summed E-state index contributed by atoms with van der Waals surface area (Å²) in [5.41, 5.74) is 11.9. The van der Waals surface area contributed by atoms with Gasteiger partial charge in [-0.1, -0.05) is 55.7 Å². The van der Waals surface area contributed by atoms with Gasteiger partial charge in [-0.05, 0) is 71.8 Å². The number of imidazole rings is 1. The van der Waals surface area contributed by atoms with Crippen LogP contribution in [0.4, 0.5) is 5.13 Å². The van der Waals surface area contributed by atoms with Gasteiger partial charge in [0.15, 0.2) is 5.13 Å². The van der Waals surface area contributed by atoms with E-state index in [2.05, 4.69) is 44.5 Å². The smallest absolute Gasteiger partial charge is 0.335 e. The fourth-order valence-electron chi connectivity index (χ4n) is 5.59. The van der Waals surface area contributed by atoms with E-state index in [0.29, 0.717) is 24.4 Å². The molecule has 0 aliphatic heterocycles. The first-order valence-corrected chi connectivity index (χ1v) is 16.9. The second-order valence-electron chi connectivity index (χ2n) is 12.0. The Kier molecular flexibility index (Phi) is 12.0. The number of nitrogens with zero attached hydrogens (tertiary/aromatic N) is 3. The first-order chi connectivity index (χ1) is 23.2. The third-order valence-corrected chi connectivity index (χ3v) is 9.31. The number of aromatic nitrogens is 3. The molecule has 11 heteroatoms. The number of hydrogen-bond acceptors (Lipinski definition) is 8. The molecule has 2 heterocycles. The fraction of sp³-hybridized carbons (Fsp3) is 0.297. The number of H-pyrrole nitrogens is 1. The fourth-order valence-corrected chi connectivity index (χ4v) is 6.39. The number of aromatic carboxylic acids is 1. The highest BCUT2D eigenvalue weighted by Gasteiger charge is 2.16. The van der Waals surface area contributed by atoms with E-state index in [0.717, 1.165) is 33.6 Å².